The van der Waals surface area contributed by atoms with E-state index in [1.807, 2.05) is 4.57 Å². The Hall–Kier alpha value is -3.11. The van der Waals surface area contributed by atoms with Gasteiger partial charge in [-0.1, -0.05) is 6.42 Å². The summed E-state index contributed by atoms with van der Waals surface area (Å²) in [6.45, 7) is 4.30. The average Bonchev–Trinajstić information content (AvgIpc) is 3.07. The number of carbonyl (C=O) groups excluding carboxylic acids is 1. The van der Waals surface area contributed by atoms with Crippen LogP contribution < -0.4 is 5.32 Å². The largest absolute Gasteiger partial charge is 0.322 e. The molecule has 0 unspecified atom stereocenters. The molecule has 180 valence electrons. The van der Waals surface area contributed by atoms with Crippen molar-refractivity contribution in [3.63, 3.8) is 0 Å². The minimum absolute atomic E-state index is 0.108. The predicted octanol–water partition coefficient (Wildman–Crippen LogP) is 4.09. The Labute approximate surface area is 198 Å². The Morgan fingerprint density at radius 1 is 1.09 bits per heavy atom. The highest BCUT2D eigenvalue weighted by molar-refractivity contribution is 7.89. The van der Waals surface area contributed by atoms with Gasteiger partial charge in [0.1, 0.15) is 11.6 Å². The Bertz CT molecular complexity index is 1300. The number of benzene rings is 2. The van der Waals surface area contributed by atoms with Gasteiger partial charge in [0.2, 0.25) is 10.0 Å². The van der Waals surface area contributed by atoms with E-state index in [0.29, 0.717) is 11.5 Å². The summed E-state index contributed by atoms with van der Waals surface area (Å²) in [5.41, 5.74) is 0.966. The summed E-state index contributed by atoms with van der Waals surface area (Å²) in [7, 11) is -2.13. The predicted molar refractivity (Wildman–Crippen MR) is 127 cm³/mol. The molecule has 0 saturated carbocycles. The number of hydrogen-bond donors (Lipinski definition) is 1. The number of nitrogens with one attached hydrogen (secondary N) is 1. The van der Waals surface area contributed by atoms with Crippen molar-refractivity contribution >= 4 is 21.6 Å². The van der Waals surface area contributed by atoms with Gasteiger partial charge in [0, 0.05) is 37.3 Å². The number of amides is 1. The lowest BCUT2D eigenvalue weighted by Gasteiger charge is -2.21. The molecule has 0 atom stereocenters. The van der Waals surface area contributed by atoms with Crippen LogP contribution in [-0.4, -0.2) is 46.5 Å². The smallest absolute Gasteiger partial charge is 0.255 e. The Morgan fingerprint density at radius 3 is 2.53 bits per heavy atom. The van der Waals surface area contributed by atoms with E-state index < -0.39 is 21.7 Å². The zero-order valence-corrected chi connectivity index (χ0v) is 20.3. The van der Waals surface area contributed by atoms with Crippen LogP contribution in [0.25, 0.3) is 11.4 Å². The summed E-state index contributed by atoms with van der Waals surface area (Å²) >= 11 is 0. The lowest BCUT2D eigenvalue weighted by atomic mass is 10.1. The number of aryl methyl sites for hydroxylation is 1. The van der Waals surface area contributed by atoms with Gasteiger partial charge >= 0.3 is 0 Å². The lowest BCUT2D eigenvalue weighted by Crippen LogP contribution is -2.33. The molecule has 0 radical (unpaired) electrons. The summed E-state index contributed by atoms with van der Waals surface area (Å²) in [5, 5.41) is 11.2. The van der Waals surface area contributed by atoms with Crippen molar-refractivity contribution in [1.29, 1.82) is 0 Å². The highest BCUT2D eigenvalue weighted by atomic mass is 32.2. The van der Waals surface area contributed by atoms with Gasteiger partial charge in [-0.25, -0.2) is 12.8 Å². The fraction of sp³-hybridized carbons (Fsp3) is 0.375. The van der Waals surface area contributed by atoms with Crippen LogP contribution in [0.5, 0.6) is 0 Å². The molecule has 0 spiro atoms. The molecule has 2 heterocycles. The van der Waals surface area contributed by atoms with Crippen LogP contribution in [0, 0.1) is 5.82 Å². The molecule has 1 aliphatic heterocycles. The molecular weight excluding hydrogens is 457 g/mol. The third-order valence-electron chi connectivity index (χ3n) is 6.10. The first-order chi connectivity index (χ1) is 16.2. The molecule has 0 saturated heterocycles. The molecule has 2 aromatic carbocycles. The molecule has 3 aromatic rings. The zero-order valence-electron chi connectivity index (χ0n) is 19.5. The first-order valence-electron chi connectivity index (χ1n) is 11.3. The van der Waals surface area contributed by atoms with Crippen LogP contribution in [-0.2, 0) is 23.0 Å². The van der Waals surface area contributed by atoms with Gasteiger partial charge in [-0.2, -0.15) is 4.31 Å². The van der Waals surface area contributed by atoms with Crippen molar-refractivity contribution in [3.05, 3.63) is 59.7 Å². The topological polar surface area (TPSA) is 97.2 Å². The summed E-state index contributed by atoms with van der Waals surface area (Å²) in [6, 6.07) is 9.86. The number of halogens is 1. The normalized spacial score (nSPS) is 14.2. The van der Waals surface area contributed by atoms with Crippen LogP contribution in [0.2, 0.25) is 0 Å². The van der Waals surface area contributed by atoms with E-state index in [2.05, 4.69) is 15.5 Å². The minimum Gasteiger partial charge on any atom is -0.322 e. The zero-order chi connectivity index (χ0) is 24.5. The highest BCUT2D eigenvalue weighted by Crippen LogP contribution is 2.28. The van der Waals surface area contributed by atoms with Crippen molar-refractivity contribution in [2.75, 3.05) is 12.4 Å². The Balaban J connectivity index is 1.55. The summed E-state index contributed by atoms with van der Waals surface area (Å²) in [5.74, 6) is 0.425. The fourth-order valence-electron chi connectivity index (χ4n) is 3.88. The second-order valence-corrected chi connectivity index (χ2v) is 10.7. The van der Waals surface area contributed by atoms with E-state index in [9.17, 15) is 17.6 Å². The number of nitrogens with zero attached hydrogens (tertiary/aromatic N) is 4. The maximum Gasteiger partial charge on any atom is 0.255 e. The standard InChI is InChI=1S/C24H28FN5O3S/c1-16(2)29(3)34(32,33)19-11-8-17(9-12-19)24(31)26-18-10-13-21(25)20(15-18)23-28-27-22-7-5-4-6-14-30(22)23/h8-13,15-16H,4-7,14H2,1-3H3,(H,26,31). The molecule has 0 fully saturated rings. The minimum atomic E-state index is -3.64. The van der Waals surface area contributed by atoms with Crippen LogP contribution in [0.3, 0.4) is 0 Å². The van der Waals surface area contributed by atoms with Gasteiger partial charge in [0.15, 0.2) is 5.82 Å². The van der Waals surface area contributed by atoms with Gasteiger partial charge in [-0.15, -0.1) is 10.2 Å². The third-order valence-corrected chi connectivity index (χ3v) is 8.14. The van der Waals surface area contributed by atoms with Crippen molar-refractivity contribution in [2.24, 2.45) is 0 Å². The first kappa shape index (κ1) is 24.0. The molecule has 1 amide bonds. The van der Waals surface area contributed by atoms with Gasteiger partial charge in [0.25, 0.3) is 5.91 Å². The number of fused-ring (bicyclic) bond motifs is 1. The number of sulfonamides is 1. The van der Waals surface area contributed by atoms with Gasteiger partial charge in [0.05, 0.1) is 10.5 Å². The molecule has 4 rings (SSSR count). The molecule has 1 aromatic heterocycles. The van der Waals surface area contributed by atoms with E-state index in [-0.39, 0.29) is 22.1 Å². The Morgan fingerprint density at radius 2 is 1.82 bits per heavy atom. The maximum absolute atomic E-state index is 14.7. The van der Waals surface area contributed by atoms with Gasteiger partial charge in [-0.3, -0.25) is 4.79 Å². The second-order valence-electron chi connectivity index (χ2n) is 8.69. The molecule has 10 heteroatoms. The second kappa shape index (κ2) is 9.63. The molecule has 0 bridgehead atoms. The maximum atomic E-state index is 14.7. The van der Waals surface area contributed by atoms with Crippen LogP contribution in [0.4, 0.5) is 10.1 Å². The fourth-order valence-corrected chi connectivity index (χ4v) is 5.25. The highest BCUT2D eigenvalue weighted by Gasteiger charge is 2.23. The summed E-state index contributed by atoms with van der Waals surface area (Å²) in [4.78, 5) is 12.9. The van der Waals surface area contributed by atoms with E-state index in [4.69, 9.17) is 0 Å². The van der Waals surface area contributed by atoms with Crippen molar-refractivity contribution in [1.82, 2.24) is 19.1 Å². The van der Waals surface area contributed by atoms with Gasteiger partial charge < -0.3 is 9.88 Å². The molecule has 0 aliphatic carbocycles. The SMILES string of the molecule is CC(C)N(C)S(=O)(=O)c1ccc(C(=O)Nc2ccc(F)c(-c3nnc4n3CCCCC4)c2)cc1. The van der Waals surface area contributed by atoms with E-state index in [1.165, 1.54) is 47.8 Å². The number of rotatable bonds is 6. The van der Waals surface area contributed by atoms with Crippen molar-refractivity contribution in [3.8, 4) is 11.4 Å². The van der Waals surface area contributed by atoms with E-state index >= 15 is 0 Å². The van der Waals surface area contributed by atoms with Crippen molar-refractivity contribution in [2.45, 2.75) is 57.0 Å². The lowest BCUT2D eigenvalue weighted by molar-refractivity contribution is 0.102. The van der Waals surface area contributed by atoms with Crippen LogP contribution in [0.15, 0.2) is 47.4 Å². The number of anilines is 1. The number of hydrogen-bond acceptors (Lipinski definition) is 5. The molecule has 1 N–H and O–H groups in total. The summed E-state index contributed by atoms with van der Waals surface area (Å²) < 4.78 is 43.2. The van der Waals surface area contributed by atoms with E-state index in [1.54, 1.807) is 19.9 Å². The first-order valence-corrected chi connectivity index (χ1v) is 12.7. The average molecular weight is 486 g/mol. The number of aromatic nitrogens is 3. The van der Waals surface area contributed by atoms with Crippen LogP contribution in [0.1, 0.15) is 49.3 Å². The third kappa shape index (κ3) is 4.74. The number of carbonyl (C=O) groups is 1. The molecule has 8 nitrogen and oxygen atoms in total. The van der Waals surface area contributed by atoms with Crippen molar-refractivity contribution < 1.29 is 17.6 Å². The van der Waals surface area contributed by atoms with E-state index in [0.717, 1.165) is 38.1 Å². The molecule has 34 heavy (non-hydrogen) atoms. The van der Waals surface area contributed by atoms with Gasteiger partial charge in [-0.05, 0) is 69.2 Å². The quantitative estimate of drug-likeness (QED) is 0.567. The summed E-state index contributed by atoms with van der Waals surface area (Å²) in [6.07, 6.45) is 3.91. The monoisotopic (exact) mass is 485 g/mol. The van der Waals surface area contributed by atoms with Crippen LogP contribution >= 0.6 is 0 Å². The Kier molecular flexibility index (Phi) is 6.81. The molecular formula is C24H28FN5O3S. The molecule has 1 aliphatic rings.